The van der Waals surface area contributed by atoms with E-state index in [1.54, 1.807) is 0 Å². The molecule has 2 aromatic heterocycles. The third-order valence-electron chi connectivity index (χ3n) is 11.2. The first kappa shape index (κ1) is 32.9. The minimum atomic E-state index is -3.04. The smallest absolute Gasteiger partial charge is 0.171 e. The van der Waals surface area contributed by atoms with Crippen molar-refractivity contribution in [2.75, 3.05) is 5.32 Å². The van der Waals surface area contributed by atoms with Gasteiger partial charge in [0, 0.05) is 58.5 Å². The summed E-state index contributed by atoms with van der Waals surface area (Å²) in [7, 11) is -3.04. The van der Waals surface area contributed by atoms with Crippen molar-refractivity contribution in [2.24, 2.45) is 0 Å². The van der Waals surface area contributed by atoms with Crippen LogP contribution in [0.1, 0.15) is 16.5 Å². The Balaban J connectivity index is 0.982. The average Bonchev–Trinajstić information content (AvgIpc) is 3.86. The molecule has 5 heteroatoms. The molecular formula is C51H34NO2PS. The summed E-state index contributed by atoms with van der Waals surface area (Å²) in [5, 5.41) is 10.0. The van der Waals surface area contributed by atoms with Crippen LogP contribution >= 0.6 is 18.5 Å². The number of para-hydroxylation sites is 1. The van der Waals surface area contributed by atoms with Crippen LogP contribution in [0.5, 0.6) is 0 Å². The van der Waals surface area contributed by atoms with Crippen LogP contribution in [0, 0.1) is 0 Å². The lowest BCUT2D eigenvalue weighted by Gasteiger charge is -2.30. The van der Waals surface area contributed by atoms with Gasteiger partial charge in [0.2, 0.25) is 0 Å². The third kappa shape index (κ3) is 5.14. The molecule has 0 saturated heterocycles. The second-order valence-corrected chi connectivity index (χ2v) is 18.2. The van der Waals surface area contributed by atoms with E-state index in [0.29, 0.717) is 0 Å². The molecule has 3 heterocycles. The molecule has 3 nitrogen and oxygen atoms in total. The Morgan fingerprint density at radius 1 is 0.482 bits per heavy atom. The lowest BCUT2D eigenvalue weighted by Crippen LogP contribution is -2.24. The summed E-state index contributed by atoms with van der Waals surface area (Å²) in [6, 6.07) is 67.0. The molecule has 0 radical (unpaired) electrons. The Labute approximate surface area is 328 Å². The number of rotatable bonds is 6. The average molecular weight is 756 g/mol. The van der Waals surface area contributed by atoms with Gasteiger partial charge in [0.05, 0.1) is 6.04 Å². The van der Waals surface area contributed by atoms with E-state index in [-0.39, 0.29) is 6.04 Å². The molecule has 56 heavy (non-hydrogen) atoms. The number of hydrogen-bond donors (Lipinski definition) is 1. The summed E-state index contributed by atoms with van der Waals surface area (Å²) >= 11 is 1.87. The summed E-state index contributed by atoms with van der Waals surface area (Å²) < 4.78 is 22.5. The molecular weight excluding hydrogens is 722 g/mol. The Morgan fingerprint density at radius 2 is 1.05 bits per heavy atom. The van der Waals surface area contributed by atoms with Gasteiger partial charge in [0.15, 0.2) is 7.14 Å². The van der Waals surface area contributed by atoms with Crippen LogP contribution in [0.25, 0.3) is 65.4 Å². The molecule has 0 spiro atoms. The van der Waals surface area contributed by atoms with E-state index in [1.165, 1.54) is 42.8 Å². The molecule has 0 amide bonds. The van der Waals surface area contributed by atoms with E-state index in [9.17, 15) is 4.57 Å². The standard InChI is InChI=1S/C51H34NO2PS/c53-55(36-13-3-1-4-14-36,37-15-5-2-6-16-37)38-31-29-34(30-32-38)33-25-27-35(28-26-33)50-51-49(42-18-8-10-24-46(42)56-51)48-40(19-11-21-43(48)52-50)39-20-12-23-45-47(39)41-17-7-9-22-44(41)54-45/h1-32,50,52H. The molecule has 1 aliphatic heterocycles. The van der Waals surface area contributed by atoms with Crippen molar-refractivity contribution in [2.45, 2.75) is 6.04 Å². The summed E-state index contributed by atoms with van der Waals surface area (Å²) in [5.74, 6) is 0. The van der Waals surface area contributed by atoms with Crippen molar-refractivity contribution < 1.29 is 8.98 Å². The largest absolute Gasteiger partial charge is 0.456 e. The monoisotopic (exact) mass is 755 g/mol. The quantitative estimate of drug-likeness (QED) is 0.172. The lowest BCUT2D eigenvalue weighted by atomic mass is 9.85. The molecule has 8 aromatic carbocycles. The maximum atomic E-state index is 14.9. The SMILES string of the molecule is O=P(c1ccccc1)(c1ccccc1)c1ccc(-c2ccc(C3Nc4cccc(-c5cccc6oc7ccccc7c56)c4-c4c3sc3ccccc43)cc2)cc1. The number of fused-ring (bicyclic) bond motifs is 8. The zero-order chi connectivity index (χ0) is 37.2. The van der Waals surface area contributed by atoms with Crippen LogP contribution < -0.4 is 21.2 Å². The van der Waals surface area contributed by atoms with E-state index < -0.39 is 7.14 Å². The molecule has 11 rings (SSSR count). The minimum Gasteiger partial charge on any atom is -0.456 e. The van der Waals surface area contributed by atoms with Gasteiger partial charge in [-0.2, -0.15) is 0 Å². The summed E-state index contributed by atoms with van der Waals surface area (Å²) in [4.78, 5) is 1.31. The van der Waals surface area contributed by atoms with Gasteiger partial charge in [-0.25, -0.2) is 0 Å². The van der Waals surface area contributed by atoms with Crippen molar-refractivity contribution in [3.63, 3.8) is 0 Å². The van der Waals surface area contributed by atoms with Crippen molar-refractivity contribution in [3.05, 3.63) is 205 Å². The van der Waals surface area contributed by atoms with Crippen LogP contribution in [-0.4, -0.2) is 0 Å². The Morgan fingerprint density at radius 3 is 1.79 bits per heavy atom. The molecule has 1 unspecified atom stereocenters. The molecule has 0 aliphatic carbocycles. The van der Waals surface area contributed by atoms with Crippen LogP contribution in [0.15, 0.2) is 199 Å². The molecule has 266 valence electrons. The molecule has 0 saturated carbocycles. The predicted molar refractivity (Wildman–Crippen MR) is 237 cm³/mol. The lowest BCUT2D eigenvalue weighted by molar-refractivity contribution is 0.592. The zero-order valence-corrected chi connectivity index (χ0v) is 31.9. The molecule has 0 fully saturated rings. The van der Waals surface area contributed by atoms with Crippen LogP contribution in [0.2, 0.25) is 0 Å². The van der Waals surface area contributed by atoms with Gasteiger partial charge in [-0.05, 0) is 52.1 Å². The van der Waals surface area contributed by atoms with Gasteiger partial charge < -0.3 is 14.3 Å². The van der Waals surface area contributed by atoms with Gasteiger partial charge in [0.25, 0.3) is 0 Å². The highest BCUT2D eigenvalue weighted by Gasteiger charge is 2.32. The highest BCUT2D eigenvalue weighted by atomic mass is 32.1. The van der Waals surface area contributed by atoms with E-state index >= 15 is 0 Å². The molecule has 1 atom stereocenters. The van der Waals surface area contributed by atoms with E-state index in [2.05, 4.69) is 115 Å². The normalized spacial score (nSPS) is 13.8. The topological polar surface area (TPSA) is 42.2 Å². The summed E-state index contributed by atoms with van der Waals surface area (Å²) in [6.07, 6.45) is 0. The number of nitrogens with one attached hydrogen (secondary N) is 1. The maximum absolute atomic E-state index is 14.9. The fourth-order valence-electron chi connectivity index (χ4n) is 8.60. The van der Waals surface area contributed by atoms with Crippen molar-refractivity contribution >= 4 is 72.1 Å². The fourth-order valence-corrected chi connectivity index (χ4v) is 12.5. The Kier molecular flexibility index (Phi) is 7.70. The first-order valence-corrected chi connectivity index (χ1v) is 21.4. The number of hydrogen-bond acceptors (Lipinski definition) is 4. The Bertz CT molecular complexity index is 3090. The van der Waals surface area contributed by atoms with Crippen LogP contribution in [0.3, 0.4) is 0 Å². The van der Waals surface area contributed by atoms with Gasteiger partial charge in [-0.3, -0.25) is 0 Å². The van der Waals surface area contributed by atoms with Crippen LogP contribution in [0.4, 0.5) is 5.69 Å². The van der Waals surface area contributed by atoms with E-state index in [0.717, 1.165) is 54.7 Å². The van der Waals surface area contributed by atoms with Crippen LogP contribution in [-0.2, 0) is 4.57 Å². The van der Waals surface area contributed by atoms with Gasteiger partial charge in [0.1, 0.15) is 11.2 Å². The van der Waals surface area contributed by atoms with E-state index in [4.69, 9.17) is 4.42 Å². The predicted octanol–water partition coefficient (Wildman–Crippen LogP) is 13.0. The van der Waals surface area contributed by atoms with Gasteiger partial charge in [-0.1, -0.05) is 170 Å². The number of benzene rings is 8. The van der Waals surface area contributed by atoms with Crippen molar-refractivity contribution in [3.8, 4) is 33.4 Å². The highest BCUT2D eigenvalue weighted by molar-refractivity contribution is 7.85. The minimum absolute atomic E-state index is 0.0188. The zero-order valence-electron chi connectivity index (χ0n) is 30.2. The summed E-state index contributed by atoms with van der Waals surface area (Å²) in [6.45, 7) is 0. The maximum Gasteiger partial charge on any atom is 0.171 e. The highest BCUT2D eigenvalue weighted by Crippen LogP contribution is 2.54. The second-order valence-electron chi connectivity index (χ2n) is 14.4. The number of anilines is 1. The first-order valence-electron chi connectivity index (χ1n) is 18.9. The van der Waals surface area contributed by atoms with Crippen molar-refractivity contribution in [1.82, 2.24) is 0 Å². The first-order chi connectivity index (χ1) is 27.6. The Hall–Kier alpha value is -6.45. The van der Waals surface area contributed by atoms with Gasteiger partial charge in [-0.15, -0.1) is 11.3 Å². The molecule has 10 aromatic rings. The number of thiophene rings is 1. The second kappa shape index (κ2) is 13.1. The van der Waals surface area contributed by atoms with Crippen molar-refractivity contribution in [1.29, 1.82) is 0 Å². The number of furan rings is 1. The van der Waals surface area contributed by atoms with E-state index in [1.807, 2.05) is 96.3 Å². The summed E-state index contributed by atoms with van der Waals surface area (Å²) in [5.41, 5.74) is 11.2. The molecule has 0 bridgehead atoms. The third-order valence-corrected chi connectivity index (χ3v) is 15.6. The van der Waals surface area contributed by atoms with Gasteiger partial charge >= 0.3 is 0 Å². The fraction of sp³-hybridized carbons (Fsp3) is 0.0196. The molecule has 1 aliphatic rings. The molecule has 1 N–H and O–H groups in total.